The van der Waals surface area contributed by atoms with Crippen molar-refractivity contribution in [1.29, 1.82) is 0 Å². The van der Waals surface area contributed by atoms with E-state index in [4.69, 9.17) is 0 Å². The lowest BCUT2D eigenvalue weighted by molar-refractivity contribution is 0.0950. The molecule has 0 saturated heterocycles. The van der Waals surface area contributed by atoms with Crippen LogP contribution < -0.4 is 10.9 Å². The molecule has 0 aliphatic carbocycles. The Morgan fingerprint density at radius 1 is 1.14 bits per heavy atom. The van der Waals surface area contributed by atoms with E-state index in [1.165, 1.54) is 0 Å². The molecule has 1 amide bonds. The fourth-order valence-corrected chi connectivity index (χ4v) is 2.36. The molecule has 2 rings (SSSR count). The van der Waals surface area contributed by atoms with E-state index in [1.54, 1.807) is 6.07 Å². The van der Waals surface area contributed by atoms with Gasteiger partial charge in [0, 0.05) is 23.4 Å². The van der Waals surface area contributed by atoms with E-state index in [0.717, 1.165) is 22.4 Å². The van der Waals surface area contributed by atoms with Gasteiger partial charge in [-0.25, -0.2) is 0 Å². The minimum Gasteiger partial charge on any atom is -0.348 e. The predicted molar refractivity (Wildman–Crippen MR) is 83.6 cm³/mol. The van der Waals surface area contributed by atoms with Gasteiger partial charge < -0.3 is 10.3 Å². The molecular weight excluding hydrogens is 264 g/mol. The third-order valence-corrected chi connectivity index (χ3v) is 3.77. The Morgan fingerprint density at radius 3 is 2.52 bits per heavy atom. The topological polar surface area (TPSA) is 62.0 Å². The summed E-state index contributed by atoms with van der Waals surface area (Å²) in [6.45, 7) is 7.84. The van der Waals surface area contributed by atoms with Gasteiger partial charge in [0.15, 0.2) is 0 Å². The molecule has 0 bridgehead atoms. The second-order valence-electron chi connectivity index (χ2n) is 5.37. The second kappa shape index (κ2) is 5.95. The van der Waals surface area contributed by atoms with Crippen molar-refractivity contribution in [2.75, 3.05) is 0 Å². The van der Waals surface area contributed by atoms with Crippen LogP contribution in [0, 0.1) is 27.7 Å². The van der Waals surface area contributed by atoms with Crippen molar-refractivity contribution in [3.63, 3.8) is 0 Å². The van der Waals surface area contributed by atoms with Crippen molar-refractivity contribution in [1.82, 2.24) is 10.3 Å². The Balaban J connectivity index is 2.19. The van der Waals surface area contributed by atoms with Gasteiger partial charge >= 0.3 is 0 Å². The van der Waals surface area contributed by atoms with Gasteiger partial charge in [-0.3, -0.25) is 9.59 Å². The molecule has 0 aliphatic rings. The SMILES string of the molecule is Cc1cc(C)c(CNC(=O)c2cccc(C)c2C)c(=O)[nH]1. The summed E-state index contributed by atoms with van der Waals surface area (Å²) in [5.74, 6) is -0.157. The molecule has 0 radical (unpaired) electrons. The zero-order valence-electron chi connectivity index (χ0n) is 12.8. The minimum atomic E-state index is -0.157. The van der Waals surface area contributed by atoms with Crippen LogP contribution in [-0.4, -0.2) is 10.9 Å². The Bertz CT molecular complexity index is 745. The number of aryl methyl sites for hydroxylation is 3. The fourth-order valence-electron chi connectivity index (χ4n) is 2.36. The number of carbonyl (C=O) groups is 1. The van der Waals surface area contributed by atoms with Crippen LogP contribution in [0.4, 0.5) is 0 Å². The highest BCUT2D eigenvalue weighted by Gasteiger charge is 2.11. The molecule has 0 fully saturated rings. The smallest absolute Gasteiger partial charge is 0.253 e. The average Bonchev–Trinajstić information content (AvgIpc) is 2.40. The second-order valence-corrected chi connectivity index (χ2v) is 5.37. The lowest BCUT2D eigenvalue weighted by Crippen LogP contribution is -2.28. The highest BCUT2D eigenvalue weighted by molar-refractivity contribution is 5.95. The molecular formula is C17H20N2O2. The first-order valence-electron chi connectivity index (χ1n) is 6.94. The number of amides is 1. The number of hydrogen-bond acceptors (Lipinski definition) is 2. The van der Waals surface area contributed by atoms with Crippen LogP contribution in [-0.2, 0) is 6.54 Å². The van der Waals surface area contributed by atoms with Crippen molar-refractivity contribution in [2.24, 2.45) is 0 Å². The monoisotopic (exact) mass is 284 g/mol. The minimum absolute atomic E-state index is 0.145. The zero-order valence-corrected chi connectivity index (χ0v) is 12.8. The van der Waals surface area contributed by atoms with Crippen LogP contribution in [0.25, 0.3) is 0 Å². The van der Waals surface area contributed by atoms with Crippen LogP contribution in [0.5, 0.6) is 0 Å². The third-order valence-electron chi connectivity index (χ3n) is 3.77. The number of hydrogen-bond donors (Lipinski definition) is 2. The zero-order chi connectivity index (χ0) is 15.6. The van der Waals surface area contributed by atoms with Crippen LogP contribution in [0.2, 0.25) is 0 Å². The molecule has 21 heavy (non-hydrogen) atoms. The molecule has 110 valence electrons. The largest absolute Gasteiger partial charge is 0.348 e. The molecule has 0 unspecified atom stereocenters. The van der Waals surface area contributed by atoms with Crippen LogP contribution >= 0.6 is 0 Å². The number of aromatic nitrogens is 1. The normalized spacial score (nSPS) is 10.5. The molecule has 2 aromatic rings. The Morgan fingerprint density at radius 2 is 1.86 bits per heavy atom. The number of pyridine rings is 1. The average molecular weight is 284 g/mol. The first-order chi connectivity index (χ1) is 9.90. The van der Waals surface area contributed by atoms with Gasteiger partial charge in [0.2, 0.25) is 0 Å². The summed E-state index contributed by atoms with van der Waals surface area (Å²) in [5.41, 5.74) is 4.85. The summed E-state index contributed by atoms with van der Waals surface area (Å²) < 4.78 is 0. The number of benzene rings is 1. The van der Waals surface area contributed by atoms with Gasteiger partial charge in [0.25, 0.3) is 11.5 Å². The summed E-state index contributed by atoms with van der Waals surface area (Å²) in [4.78, 5) is 26.9. The van der Waals surface area contributed by atoms with Gasteiger partial charge in [0.05, 0.1) is 0 Å². The number of carbonyl (C=O) groups excluding carboxylic acids is 1. The van der Waals surface area contributed by atoms with Gasteiger partial charge in [-0.05, 0) is 56.5 Å². The summed E-state index contributed by atoms with van der Waals surface area (Å²) >= 11 is 0. The maximum absolute atomic E-state index is 12.3. The highest BCUT2D eigenvalue weighted by atomic mass is 16.1. The van der Waals surface area contributed by atoms with Gasteiger partial charge in [-0.15, -0.1) is 0 Å². The number of aromatic amines is 1. The molecule has 4 nitrogen and oxygen atoms in total. The number of nitrogens with one attached hydrogen (secondary N) is 2. The van der Waals surface area contributed by atoms with Crippen molar-refractivity contribution < 1.29 is 4.79 Å². The Kier molecular flexibility index (Phi) is 4.26. The highest BCUT2D eigenvalue weighted by Crippen LogP contribution is 2.12. The lowest BCUT2D eigenvalue weighted by atomic mass is 10.0. The maximum atomic E-state index is 12.3. The first-order valence-corrected chi connectivity index (χ1v) is 6.94. The van der Waals surface area contributed by atoms with E-state index in [-0.39, 0.29) is 18.0 Å². The molecule has 1 aromatic heterocycles. The quantitative estimate of drug-likeness (QED) is 0.910. The summed E-state index contributed by atoms with van der Waals surface area (Å²) in [6, 6.07) is 7.53. The molecule has 1 heterocycles. The maximum Gasteiger partial charge on any atom is 0.253 e. The molecule has 4 heteroatoms. The molecule has 2 N–H and O–H groups in total. The first kappa shape index (κ1) is 15.0. The van der Waals surface area contributed by atoms with Crippen molar-refractivity contribution in [2.45, 2.75) is 34.2 Å². The van der Waals surface area contributed by atoms with E-state index < -0.39 is 0 Å². The van der Waals surface area contributed by atoms with Crippen molar-refractivity contribution in [3.05, 3.63) is 68.1 Å². The van der Waals surface area contributed by atoms with E-state index in [1.807, 2.05) is 45.9 Å². The molecule has 0 saturated carbocycles. The third kappa shape index (κ3) is 3.21. The van der Waals surface area contributed by atoms with E-state index in [2.05, 4.69) is 10.3 Å². The van der Waals surface area contributed by atoms with Gasteiger partial charge in [-0.2, -0.15) is 0 Å². The van der Waals surface area contributed by atoms with Crippen molar-refractivity contribution >= 4 is 5.91 Å². The Labute approximate surface area is 124 Å². The molecule has 0 aliphatic heterocycles. The van der Waals surface area contributed by atoms with E-state index in [9.17, 15) is 9.59 Å². The molecule has 0 spiro atoms. The Hall–Kier alpha value is -2.36. The summed E-state index contributed by atoms with van der Waals surface area (Å²) in [5, 5.41) is 2.83. The molecule has 1 aromatic carbocycles. The van der Waals surface area contributed by atoms with Gasteiger partial charge in [-0.1, -0.05) is 12.1 Å². The van der Waals surface area contributed by atoms with E-state index >= 15 is 0 Å². The summed E-state index contributed by atoms with van der Waals surface area (Å²) in [6.07, 6.45) is 0. The lowest BCUT2D eigenvalue weighted by Gasteiger charge is -2.11. The number of H-pyrrole nitrogens is 1. The van der Waals surface area contributed by atoms with E-state index in [0.29, 0.717) is 11.1 Å². The van der Waals surface area contributed by atoms with Crippen LogP contribution in [0.3, 0.4) is 0 Å². The van der Waals surface area contributed by atoms with Crippen LogP contribution in [0.1, 0.15) is 38.3 Å². The standard InChI is InChI=1S/C17H20N2O2/c1-10-6-5-7-14(13(10)4)16(20)18-9-15-11(2)8-12(3)19-17(15)21/h5-8H,9H2,1-4H3,(H,18,20)(H,19,21). The fraction of sp³-hybridized carbons (Fsp3) is 0.294. The van der Waals surface area contributed by atoms with Crippen LogP contribution in [0.15, 0.2) is 29.1 Å². The summed E-state index contributed by atoms with van der Waals surface area (Å²) in [7, 11) is 0. The van der Waals surface area contributed by atoms with Gasteiger partial charge in [0.1, 0.15) is 0 Å². The van der Waals surface area contributed by atoms with Crippen molar-refractivity contribution in [3.8, 4) is 0 Å². The predicted octanol–water partition coefficient (Wildman–Crippen LogP) is 2.54. The molecule has 0 atom stereocenters. The number of rotatable bonds is 3.